The van der Waals surface area contributed by atoms with Gasteiger partial charge in [-0.15, -0.1) is 0 Å². The van der Waals surface area contributed by atoms with Gasteiger partial charge in [-0.3, -0.25) is 0 Å². The number of methoxy groups -OCH3 is 2. The first-order chi connectivity index (χ1) is 9.03. The lowest BCUT2D eigenvalue weighted by Crippen LogP contribution is -2.16. The van der Waals surface area contributed by atoms with E-state index in [0.717, 1.165) is 30.6 Å². The molecule has 2 N–H and O–H groups in total. The van der Waals surface area contributed by atoms with Crippen LogP contribution in [0.5, 0.6) is 11.5 Å². The maximum absolute atomic E-state index is 6.22. The van der Waals surface area contributed by atoms with Crippen molar-refractivity contribution in [2.45, 2.75) is 45.1 Å². The molecule has 1 aromatic carbocycles. The third kappa shape index (κ3) is 4.29. The minimum atomic E-state index is 0.216. The van der Waals surface area contributed by atoms with Gasteiger partial charge in [-0.25, -0.2) is 0 Å². The van der Waals surface area contributed by atoms with E-state index in [2.05, 4.69) is 6.92 Å². The van der Waals surface area contributed by atoms with E-state index in [1.807, 2.05) is 19.1 Å². The van der Waals surface area contributed by atoms with Gasteiger partial charge in [0.25, 0.3) is 0 Å². The molecule has 0 heterocycles. The number of hydrogen-bond donors (Lipinski definition) is 1. The summed E-state index contributed by atoms with van der Waals surface area (Å²) in [6.45, 7) is 4.20. The Hall–Kier alpha value is -0.930. The Morgan fingerprint density at radius 3 is 2.26 bits per heavy atom. The first-order valence-electron chi connectivity index (χ1n) is 6.70. The third-order valence-electron chi connectivity index (χ3n) is 3.41. The summed E-state index contributed by atoms with van der Waals surface area (Å²) in [4.78, 5) is 0. The quantitative estimate of drug-likeness (QED) is 0.824. The Labute approximate surface area is 121 Å². The first kappa shape index (κ1) is 16.1. The minimum Gasteiger partial charge on any atom is -0.496 e. The van der Waals surface area contributed by atoms with Crippen molar-refractivity contribution in [3.8, 4) is 11.5 Å². The van der Waals surface area contributed by atoms with Crippen molar-refractivity contribution in [2.24, 2.45) is 5.73 Å². The second kappa shape index (κ2) is 7.61. The average molecular weight is 286 g/mol. The van der Waals surface area contributed by atoms with Gasteiger partial charge >= 0.3 is 0 Å². The Bertz CT molecular complexity index is 407. The van der Waals surface area contributed by atoms with Crippen LogP contribution >= 0.6 is 11.6 Å². The largest absolute Gasteiger partial charge is 0.496 e. The lowest BCUT2D eigenvalue weighted by atomic mass is 9.90. The molecule has 0 aliphatic rings. The lowest BCUT2D eigenvalue weighted by molar-refractivity contribution is 0.385. The normalized spacial score (nSPS) is 14.0. The molecule has 108 valence electrons. The fraction of sp³-hybridized carbons (Fsp3) is 0.600. The summed E-state index contributed by atoms with van der Waals surface area (Å²) in [7, 11) is 3.28. The molecule has 2 unspecified atom stereocenters. The first-order valence-corrected chi connectivity index (χ1v) is 7.08. The van der Waals surface area contributed by atoms with Gasteiger partial charge < -0.3 is 15.2 Å². The fourth-order valence-corrected chi connectivity index (χ4v) is 2.50. The highest BCUT2D eigenvalue weighted by Gasteiger charge is 2.18. The van der Waals surface area contributed by atoms with Crippen LogP contribution in [0.2, 0.25) is 5.02 Å². The van der Waals surface area contributed by atoms with E-state index in [-0.39, 0.29) is 6.04 Å². The van der Waals surface area contributed by atoms with Gasteiger partial charge in [0.1, 0.15) is 11.5 Å². The van der Waals surface area contributed by atoms with Crippen molar-refractivity contribution >= 4 is 11.6 Å². The summed E-state index contributed by atoms with van der Waals surface area (Å²) >= 11 is 6.22. The second-order valence-corrected chi connectivity index (χ2v) is 5.30. The number of halogens is 1. The zero-order valence-corrected chi connectivity index (χ0v) is 13.0. The molecule has 0 spiro atoms. The molecule has 2 atom stereocenters. The monoisotopic (exact) mass is 285 g/mol. The summed E-state index contributed by atoms with van der Waals surface area (Å²) in [6.07, 6.45) is 3.06. The van der Waals surface area contributed by atoms with Crippen molar-refractivity contribution in [1.29, 1.82) is 0 Å². The van der Waals surface area contributed by atoms with Crippen LogP contribution in [-0.4, -0.2) is 20.3 Å². The van der Waals surface area contributed by atoms with Crippen LogP contribution in [0.3, 0.4) is 0 Å². The molecule has 0 aliphatic heterocycles. The van der Waals surface area contributed by atoms with Crippen LogP contribution < -0.4 is 15.2 Å². The summed E-state index contributed by atoms with van der Waals surface area (Å²) in [5.41, 5.74) is 6.98. The Morgan fingerprint density at radius 1 is 1.16 bits per heavy atom. The van der Waals surface area contributed by atoms with Crippen molar-refractivity contribution < 1.29 is 9.47 Å². The van der Waals surface area contributed by atoms with Crippen molar-refractivity contribution in [1.82, 2.24) is 0 Å². The van der Waals surface area contributed by atoms with E-state index in [1.165, 1.54) is 0 Å². The van der Waals surface area contributed by atoms with Crippen molar-refractivity contribution in [2.75, 3.05) is 14.2 Å². The van der Waals surface area contributed by atoms with E-state index in [9.17, 15) is 0 Å². The SMILES string of the molecule is CCC(CCC(C)N)c1cc(Cl)c(OC)cc1OC. The summed E-state index contributed by atoms with van der Waals surface area (Å²) in [5.74, 6) is 1.88. The lowest BCUT2D eigenvalue weighted by Gasteiger charge is -2.20. The van der Waals surface area contributed by atoms with E-state index >= 15 is 0 Å². The van der Waals surface area contributed by atoms with Crippen molar-refractivity contribution in [3.63, 3.8) is 0 Å². The molecule has 0 fully saturated rings. The molecule has 0 bridgehead atoms. The number of nitrogens with two attached hydrogens (primary N) is 1. The van der Waals surface area contributed by atoms with Gasteiger partial charge in [-0.05, 0) is 43.7 Å². The summed E-state index contributed by atoms with van der Waals surface area (Å²) < 4.78 is 10.7. The van der Waals surface area contributed by atoms with Crippen molar-refractivity contribution in [3.05, 3.63) is 22.7 Å². The third-order valence-corrected chi connectivity index (χ3v) is 3.70. The molecule has 1 aromatic rings. The molecule has 19 heavy (non-hydrogen) atoms. The zero-order chi connectivity index (χ0) is 14.4. The molecule has 0 saturated heterocycles. The van der Waals surface area contributed by atoms with Gasteiger partial charge in [-0.1, -0.05) is 18.5 Å². The van der Waals surface area contributed by atoms with Crippen LogP contribution in [0.1, 0.15) is 44.6 Å². The van der Waals surface area contributed by atoms with E-state index in [0.29, 0.717) is 16.7 Å². The van der Waals surface area contributed by atoms with Crippen LogP contribution in [0.4, 0.5) is 0 Å². The molecule has 3 nitrogen and oxygen atoms in total. The molecule has 0 aliphatic carbocycles. The van der Waals surface area contributed by atoms with Gasteiger partial charge in [-0.2, -0.15) is 0 Å². The van der Waals surface area contributed by atoms with E-state index in [4.69, 9.17) is 26.8 Å². The number of ether oxygens (including phenoxy) is 2. The molecule has 4 heteroatoms. The maximum Gasteiger partial charge on any atom is 0.141 e. The van der Waals surface area contributed by atoms with Gasteiger partial charge in [0.15, 0.2) is 0 Å². The molecule has 0 radical (unpaired) electrons. The second-order valence-electron chi connectivity index (χ2n) is 4.89. The topological polar surface area (TPSA) is 44.5 Å². The minimum absolute atomic E-state index is 0.216. The zero-order valence-electron chi connectivity index (χ0n) is 12.2. The predicted molar refractivity (Wildman–Crippen MR) is 80.5 cm³/mol. The fourth-order valence-electron chi connectivity index (χ4n) is 2.25. The summed E-state index contributed by atoms with van der Waals surface area (Å²) in [5, 5.41) is 0.623. The molecular weight excluding hydrogens is 262 g/mol. The number of benzene rings is 1. The van der Waals surface area contributed by atoms with Gasteiger partial charge in [0.05, 0.1) is 19.2 Å². The van der Waals surface area contributed by atoms with Crippen LogP contribution in [0.15, 0.2) is 12.1 Å². The average Bonchev–Trinajstić information content (AvgIpc) is 2.39. The number of hydrogen-bond acceptors (Lipinski definition) is 3. The standard InChI is InChI=1S/C15H24ClNO2/c1-5-11(7-6-10(2)17)12-8-13(16)15(19-4)9-14(12)18-3/h8-11H,5-7,17H2,1-4H3. The number of rotatable bonds is 7. The molecule has 0 saturated carbocycles. The van der Waals surface area contributed by atoms with Gasteiger partial charge in [0.2, 0.25) is 0 Å². The Kier molecular flexibility index (Phi) is 6.46. The van der Waals surface area contributed by atoms with Crippen LogP contribution in [0.25, 0.3) is 0 Å². The van der Waals surface area contributed by atoms with E-state index in [1.54, 1.807) is 14.2 Å². The highest BCUT2D eigenvalue weighted by molar-refractivity contribution is 6.32. The summed E-state index contributed by atoms with van der Waals surface area (Å²) in [6, 6.07) is 4.02. The highest BCUT2D eigenvalue weighted by atomic mass is 35.5. The highest BCUT2D eigenvalue weighted by Crippen LogP contribution is 2.39. The van der Waals surface area contributed by atoms with Crippen LogP contribution in [-0.2, 0) is 0 Å². The van der Waals surface area contributed by atoms with Gasteiger partial charge in [0, 0.05) is 12.1 Å². The molecule has 1 rings (SSSR count). The Morgan fingerprint density at radius 2 is 1.79 bits per heavy atom. The smallest absolute Gasteiger partial charge is 0.141 e. The molecular formula is C15H24ClNO2. The maximum atomic E-state index is 6.22. The molecule has 0 aromatic heterocycles. The van der Waals surface area contributed by atoms with Crippen LogP contribution in [0, 0.1) is 0 Å². The Balaban J connectivity index is 3.04. The predicted octanol–water partition coefficient (Wildman–Crippen LogP) is 3.98. The molecule has 0 amide bonds. The van der Waals surface area contributed by atoms with E-state index < -0.39 is 0 Å².